The number of rotatable bonds is 5. The van der Waals surface area contributed by atoms with Crippen LogP contribution in [0.25, 0.3) is 0 Å². The molecule has 1 aromatic rings. The number of nitrogens with two attached hydrogens (primary N) is 1. The van der Waals surface area contributed by atoms with Crippen LogP contribution in [0.5, 0.6) is 5.75 Å². The van der Waals surface area contributed by atoms with Crippen molar-refractivity contribution in [2.45, 2.75) is 12.5 Å². The van der Waals surface area contributed by atoms with Gasteiger partial charge in [0.2, 0.25) is 5.91 Å². The molecular formula is C13H16N4O4. The molecule has 0 aromatic heterocycles. The Kier molecular flexibility index (Phi) is 4.60. The number of ether oxygens (including phenoxy) is 1. The first-order chi connectivity index (χ1) is 10.1. The maximum Gasteiger partial charge on any atom is 0.258 e. The fourth-order valence-corrected chi connectivity index (χ4v) is 1.98. The van der Waals surface area contributed by atoms with Crippen LogP contribution in [0.2, 0.25) is 0 Å². The van der Waals surface area contributed by atoms with E-state index in [9.17, 15) is 9.59 Å². The summed E-state index contributed by atoms with van der Waals surface area (Å²) in [6, 6.07) is 6.42. The number of oxime groups is 1. The Labute approximate surface area is 120 Å². The van der Waals surface area contributed by atoms with Gasteiger partial charge in [-0.25, -0.2) is 0 Å². The second-order valence-corrected chi connectivity index (χ2v) is 4.54. The number of nitrogens with zero attached hydrogens (tertiary/aromatic N) is 1. The second-order valence-electron chi connectivity index (χ2n) is 4.54. The Morgan fingerprint density at radius 3 is 2.95 bits per heavy atom. The van der Waals surface area contributed by atoms with Gasteiger partial charge in [-0.05, 0) is 12.1 Å². The predicted octanol–water partition coefficient (Wildman–Crippen LogP) is -0.835. The topological polar surface area (TPSA) is 126 Å². The van der Waals surface area contributed by atoms with E-state index in [1.807, 2.05) is 0 Å². The highest BCUT2D eigenvalue weighted by Crippen LogP contribution is 2.17. The average Bonchev–Trinajstić information content (AvgIpc) is 2.89. The molecule has 112 valence electrons. The third-order valence-electron chi connectivity index (χ3n) is 2.97. The minimum absolute atomic E-state index is 0.0847. The molecule has 1 heterocycles. The summed E-state index contributed by atoms with van der Waals surface area (Å²) >= 11 is 0. The zero-order valence-electron chi connectivity index (χ0n) is 11.2. The number of benzene rings is 1. The summed E-state index contributed by atoms with van der Waals surface area (Å²) in [5, 5.41) is 16.9. The normalized spacial score (nSPS) is 18.2. The van der Waals surface area contributed by atoms with Crippen molar-refractivity contribution in [3.63, 3.8) is 0 Å². The van der Waals surface area contributed by atoms with Crippen molar-refractivity contribution in [3.05, 3.63) is 29.8 Å². The molecule has 1 saturated heterocycles. The zero-order valence-corrected chi connectivity index (χ0v) is 11.2. The van der Waals surface area contributed by atoms with Crippen LogP contribution in [0.3, 0.4) is 0 Å². The third-order valence-corrected chi connectivity index (χ3v) is 2.97. The molecule has 1 fully saturated rings. The summed E-state index contributed by atoms with van der Waals surface area (Å²) in [7, 11) is 0. The SMILES string of the molecule is N/C(=N/O)c1ccccc1OCC(=O)NC1CNC(=O)C1. The molecule has 2 amide bonds. The Balaban J connectivity index is 1.91. The number of para-hydroxylation sites is 1. The first kappa shape index (κ1) is 14.6. The molecule has 8 nitrogen and oxygen atoms in total. The number of hydrogen-bond acceptors (Lipinski definition) is 5. The van der Waals surface area contributed by atoms with E-state index < -0.39 is 0 Å². The van der Waals surface area contributed by atoms with Gasteiger partial charge in [-0.15, -0.1) is 0 Å². The number of carbonyl (C=O) groups is 2. The maximum atomic E-state index is 11.7. The van der Waals surface area contributed by atoms with E-state index in [0.29, 0.717) is 17.9 Å². The van der Waals surface area contributed by atoms with Gasteiger partial charge < -0.3 is 26.3 Å². The minimum atomic E-state index is -0.342. The molecule has 0 spiro atoms. The van der Waals surface area contributed by atoms with Crippen molar-refractivity contribution < 1.29 is 19.5 Å². The highest BCUT2D eigenvalue weighted by molar-refractivity contribution is 5.99. The van der Waals surface area contributed by atoms with Gasteiger partial charge in [-0.1, -0.05) is 17.3 Å². The second kappa shape index (κ2) is 6.60. The van der Waals surface area contributed by atoms with Crippen molar-refractivity contribution in [2.24, 2.45) is 10.9 Å². The van der Waals surface area contributed by atoms with Crippen LogP contribution in [0.1, 0.15) is 12.0 Å². The fraction of sp³-hybridized carbons (Fsp3) is 0.308. The van der Waals surface area contributed by atoms with Crippen molar-refractivity contribution in [3.8, 4) is 5.75 Å². The summed E-state index contributed by atoms with van der Waals surface area (Å²) < 4.78 is 5.37. The highest BCUT2D eigenvalue weighted by atomic mass is 16.5. The molecule has 5 N–H and O–H groups in total. The molecule has 2 rings (SSSR count). The van der Waals surface area contributed by atoms with E-state index in [1.54, 1.807) is 24.3 Å². The van der Waals surface area contributed by atoms with Crippen LogP contribution in [0.15, 0.2) is 29.4 Å². The smallest absolute Gasteiger partial charge is 0.258 e. The van der Waals surface area contributed by atoms with E-state index in [-0.39, 0.29) is 36.7 Å². The van der Waals surface area contributed by atoms with E-state index in [2.05, 4.69) is 15.8 Å². The third kappa shape index (κ3) is 3.85. The summed E-state index contributed by atoms with van der Waals surface area (Å²) in [5.41, 5.74) is 5.92. The number of amidine groups is 1. The first-order valence-corrected chi connectivity index (χ1v) is 6.36. The molecular weight excluding hydrogens is 276 g/mol. The van der Waals surface area contributed by atoms with Crippen molar-refractivity contribution in [1.29, 1.82) is 0 Å². The highest BCUT2D eigenvalue weighted by Gasteiger charge is 2.23. The van der Waals surface area contributed by atoms with E-state index >= 15 is 0 Å². The lowest BCUT2D eigenvalue weighted by Crippen LogP contribution is -2.39. The Morgan fingerprint density at radius 1 is 1.52 bits per heavy atom. The molecule has 8 heteroatoms. The van der Waals surface area contributed by atoms with Crippen molar-refractivity contribution in [1.82, 2.24) is 10.6 Å². The lowest BCUT2D eigenvalue weighted by molar-refractivity contribution is -0.123. The molecule has 21 heavy (non-hydrogen) atoms. The van der Waals surface area contributed by atoms with Gasteiger partial charge in [0.05, 0.1) is 11.6 Å². The van der Waals surface area contributed by atoms with Gasteiger partial charge in [0.15, 0.2) is 12.4 Å². The van der Waals surface area contributed by atoms with E-state index in [1.165, 1.54) is 0 Å². The summed E-state index contributed by atoms with van der Waals surface area (Å²) in [6.45, 7) is 0.200. The lowest BCUT2D eigenvalue weighted by Gasteiger charge is -2.13. The molecule has 1 unspecified atom stereocenters. The Hall–Kier alpha value is -2.77. The predicted molar refractivity (Wildman–Crippen MR) is 74.0 cm³/mol. The van der Waals surface area contributed by atoms with Crippen LogP contribution in [0, 0.1) is 0 Å². The standard InChI is InChI=1S/C13H16N4O4/c14-13(17-20)9-3-1-2-4-10(9)21-7-12(19)16-8-5-11(18)15-6-8/h1-4,8,20H,5-7H2,(H2,14,17)(H,15,18)(H,16,19). The summed E-state index contributed by atoms with van der Waals surface area (Å²) in [4.78, 5) is 22.8. The van der Waals surface area contributed by atoms with Crippen molar-refractivity contribution in [2.75, 3.05) is 13.2 Å². The van der Waals surface area contributed by atoms with Crippen LogP contribution >= 0.6 is 0 Å². The molecule has 0 saturated carbocycles. The maximum absolute atomic E-state index is 11.7. The fourth-order valence-electron chi connectivity index (χ4n) is 1.98. The molecule has 1 atom stereocenters. The van der Waals surface area contributed by atoms with Gasteiger partial charge in [-0.2, -0.15) is 0 Å². The Morgan fingerprint density at radius 2 is 2.29 bits per heavy atom. The number of amides is 2. The quantitative estimate of drug-likeness (QED) is 0.244. The van der Waals surface area contributed by atoms with Crippen LogP contribution in [-0.2, 0) is 9.59 Å². The number of nitrogens with one attached hydrogen (secondary N) is 2. The zero-order chi connectivity index (χ0) is 15.2. The molecule has 0 radical (unpaired) electrons. The van der Waals surface area contributed by atoms with Crippen LogP contribution in [-0.4, -0.2) is 42.1 Å². The summed E-state index contributed by atoms with van der Waals surface area (Å²) in [5.74, 6) is -0.190. The van der Waals surface area contributed by atoms with Crippen molar-refractivity contribution >= 4 is 17.6 Å². The van der Waals surface area contributed by atoms with Crippen LogP contribution in [0.4, 0.5) is 0 Å². The molecule has 1 aromatic carbocycles. The van der Waals surface area contributed by atoms with E-state index in [4.69, 9.17) is 15.7 Å². The molecule has 1 aliphatic heterocycles. The largest absolute Gasteiger partial charge is 0.483 e. The van der Waals surface area contributed by atoms with Gasteiger partial charge >= 0.3 is 0 Å². The monoisotopic (exact) mass is 292 g/mol. The minimum Gasteiger partial charge on any atom is -0.483 e. The van der Waals surface area contributed by atoms with Crippen LogP contribution < -0.4 is 21.1 Å². The lowest BCUT2D eigenvalue weighted by atomic mass is 10.2. The Bertz CT molecular complexity index is 573. The molecule has 1 aliphatic rings. The van der Waals surface area contributed by atoms with Gasteiger partial charge in [-0.3, -0.25) is 9.59 Å². The number of carbonyl (C=O) groups excluding carboxylic acids is 2. The van der Waals surface area contributed by atoms with E-state index in [0.717, 1.165) is 0 Å². The number of hydrogen-bond donors (Lipinski definition) is 4. The first-order valence-electron chi connectivity index (χ1n) is 6.36. The average molecular weight is 292 g/mol. The van der Waals surface area contributed by atoms with Gasteiger partial charge in [0, 0.05) is 13.0 Å². The van der Waals surface area contributed by atoms with Gasteiger partial charge in [0.25, 0.3) is 5.91 Å². The molecule has 0 aliphatic carbocycles. The summed E-state index contributed by atoms with van der Waals surface area (Å²) in [6.07, 6.45) is 0.270. The molecule has 0 bridgehead atoms. The van der Waals surface area contributed by atoms with Gasteiger partial charge in [0.1, 0.15) is 5.75 Å².